The molecule has 2 aromatic rings. The van der Waals surface area contributed by atoms with Crippen molar-refractivity contribution in [3.63, 3.8) is 0 Å². The summed E-state index contributed by atoms with van der Waals surface area (Å²) < 4.78 is 2.18. The lowest BCUT2D eigenvalue weighted by Gasteiger charge is -2.35. The smallest absolute Gasteiger partial charge is 0.227 e. The number of piperidine rings is 1. The second kappa shape index (κ2) is 6.84. The molecule has 0 aliphatic carbocycles. The number of anilines is 1. The molecule has 3 rings (SSSR count). The van der Waals surface area contributed by atoms with Crippen LogP contribution in [-0.2, 0) is 4.79 Å². The monoisotopic (exact) mass is 370 g/mol. The quantitative estimate of drug-likeness (QED) is 0.840. The Morgan fingerprint density at radius 2 is 1.78 bits per heavy atom. The zero-order valence-electron chi connectivity index (χ0n) is 17.9. The zero-order chi connectivity index (χ0) is 20.0. The Morgan fingerprint density at radius 3 is 2.33 bits per heavy atom. The van der Waals surface area contributed by atoms with Gasteiger partial charge in [-0.1, -0.05) is 26.8 Å². The molecule has 0 spiro atoms. The number of carbonyl (C=O) groups is 1. The van der Waals surface area contributed by atoms with Gasteiger partial charge in [0.05, 0.1) is 5.69 Å². The van der Waals surface area contributed by atoms with Crippen LogP contribution in [0.4, 0.5) is 5.82 Å². The minimum atomic E-state index is -0.314. The van der Waals surface area contributed by atoms with Gasteiger partial charge < -0.3 is 10.2 Å². The molecule has 0 atom stereocenters. The Morgan fingerprint density at radius 1 is 1.15 bits per heavy atom. The summed E-state index contributed by atoms with van der Waals surface area (Å²) in [7, 11) is 0. The fourth-order valence-corrected chi connectivity index (χ4v) is 3.82. The third kappa shape index (κ3) is 4.12. The predicted molar refractivity (Wildman–Crippen MR) is 111 cm³/mol. The number of hydrogen-bond acceptors (Lipinski definition) is 3. The number of fused-ring (bicyclic) bond motifs is 1. The summed E-state index contributed by atoms with van der Waals surface area (Å²) in [6.07, 6.45) is 4.01. The number of carbonyl (C=O) groups excluding carboxylic acids is 1. The Hall–Kier alpha value is -2.04. The number of nitrogens with zero attached hydrogens (tertiary/aromatic N) is 3. The van der Waals surface area contributed by atoms with Crippen molar-refractivity contribution in [2.75, 3.05) is 18.4 Å². The number of imidazole rings is 1. The summed E-state index contributed by atoms with van der Waals surface area (Å²) in [5.41, 5.74) is 2.99. The molecule has 0 saturated carbocycles. The van der Waals surface area contributed by atoms with Crippen LogP contribution < -0.4 is 5.32 Å². The Kier molecular flexibility index (Phi) is 5.00. The van der Waals surface area contributed by atoms with Crippen LogP contribution in [-0.4, -0.2) is 38.8 Å². The van der Waals surface area contributed by atoms with Crippen LogP contribution in [0.5, 0.6) is 0 Å². The lowest BCUT2D eigenvalue weighted by atomic mass is 9.89. The summed E-state index contributed by atoms with van der Waals surface area (Å²) in [6.45, 7) is 16.2. The molecule has 1 saturated heterocycles. The van der Waals surface area contributed by atoms with E-state index in [1.54, 1.807) is 0 Å². The molecule has 27 heavy (non-hydrogen) atoms. The highest BCUT2D eigenvalue weighted by molar-refractivity contribution is 5.81. The van der Waals surface area contributed by atoms with E-state index >= 15 is 0 Å². The van der Waals surface area contributed by atoms with E-state index in [9.17, 15) is 4.79 Å². The van der Waals surface area contributed by atoms with Crippen molar-refractivity contribution in [2.24, 2.45) is 5.41 Å². The molecule has 0 radical (unpaired) electrons. The maximum absolute atomic E-state index is 12.6. The van der Waals surface area contributed by atoms with Crippen LogP contribution in [0.3, 0.4) is 0 Å². The standard InChI is InChI=1S/C22H34N4O/c1-15-9-8-12-26-18(15)23-17(19(26)24-22(5,6)7)16-10-13-25(14-11-16)20(27)21(2,3)4/h8-9,12,16,24H,10-11,13-14H2,1-7H3. The summed E-state index contributed by atoms with van der Waals surface area (Å²) in [5.74, 6) is 1.72. The van der Waals surface area contributed by atoms with Crippen LogP contribution in [0.1, 0.15) is 71.6 Å². The second-order valence-corrected chi connectivity index (χ2v) is 9.92. The SMILES string of the molecule is Cc1cccn2c(NC(C)(C)C)c(C3CCN(C(=O)C(C)(C)C)CC3)nc12. The van der Waals surface area contributed by atoms with Gasteiger partial charge in [-0.2, -0.15) is 0 Å². The van der Waals surface area contributed by atoms with Crippen molar-refractivity contribution in [2.45, 2.75) is 72.8 Å². The van der Waals surface area contributed by atoms with Crippen LogP contribution in [0.15, 0.2) is 18.3 Å². The van der Waals surface area contributed by atoms with Crippen molar-refractivity contribution < 1.29 is 4.79 Å². The summed E-state index contributed by atoms with van der Waals surface area (Å²) in [4.78, 5) is 19.7. The maximum atomic E-state index is 12.6. The molecular formula is C22H34N4O. The average Bonchev–Trinajstić information content (AvgIpc) is 2.92. The van der Waals surface area contributed by atoms with Crippen LogP contribution in [0.25, 0.3) is 5.65 Å². The van der Waals surface area contributed by atoms with E-state index in [4.69, 9.17) is 4.98 Å². The van der Waals surface area contributed by atoms with Crippen LogP contribution in [0, 0.1) is 12.3 Å². The van der Waals surface area contributed by atoms with Gasteiger partial charge in [-0.25, -0.2) is 4.98 Å². The highest BCUT2D eigenvalue weighted by Crippen LogP contribution is 2.36. The average molecular weight is 371 g/mol. The topological polar surface area (TPSA) is 49.6 Å². The van der Waals surface area contributed by atoms with Gasteiger partial charge in [0.15, 0.2) is 0 Å². The largest absolute Gasteiger partial charge is 0.365 e. The van der Waals surface area contributed by atoms with Gasteiger partial charge >= 0.3 is 0 Å². The molecule has 0 bridgehead atoms. The van der Waals surface area contributed by atoms with E-state index in [0.717, 1.165) is 43.1 Å². The predicted octanol–water partition coefficient (Wildman–Crippen LogP) is 4.61. The Bertz CT molecular complexity index is 830. The number of nitrogens with one attached hydrogen (secondary N) is 1. The highest BCUT2D eigenvalue weighted by Gasteiger charge is 2.33. The zero-order valence-corrected chi connectivity index (χ0v) is 17.9. The summed E-state index contributed by atoms with van der Waals surface area (Å²) in [6, 6.07) is 4.18. The molecule has 1 amide bonds. The molecule has 1 aliphatic rings. The number of rotatable bonds is 2. The number of aryl methyl sites for hydroxylation is 1. The number of pyridine rings is 1. The van der Waals surface area contributed by atoms with Gasteiger partial charge in [-0.05, 0) is 52.2 Å². The van der Waals surface area contributed by atoms with E-state index < -0.39 is 0 Å². The normalized spacial score (nSPS) is 16.8. The molecule has 1 N–H and O–H groups in total. The van der Waals surface area contributed by atoms with Gasteiger partial charge in [0, 0.05) is 36.2 Å². The molecular weight excluding hydrogens is 336 g/mol. The van der Waals surface area contributed by atoms with Gasteiger partial charge in [0.2, 0.25) is 5.91 Å². The molecule has 2 aromatic heterocycles. The minimum absolute atomic E-state index is 0.0443. The van der Waals surface area contributed by atoms with Gasteiger partial charge in [-0.3, -0.25) is 9.20 Å². The first-order chi connectivity index (χ1) is 12.5. The van der Waals surface area contributed by atoms with Crippen LogP contribution >= 0.6 is 0 Å². The van der Waals surface area contributed by atoms with Crippen molar-refractivity contribution >= 4 is 17.4 Å². The molecule has 1 aliphatic heterocycles. The van der Waals surface area contributed by atoms with Gasteiger partial charge in [0.25, 0.3) is 0 Å². The maximum Gasteiger partial charge on any atom is 0.227 e. The summed E-state index contributed by atoms with van der Waals surface area (Å²) >= 11 is 0. The van der Waals surface area contributed by atoms with Gasteiger partial charge in [0.1, 0.15) is 11.5 Å². The first kappa shape index (κ1) is 19.7. The number of likely N-dealkylation sites (tertiary alicyclic amines) is 1. The van der Waals surface area contributed by atoms with Crippen molar-refractivity contribution in [3.8, 4) is 0 Å². The number of aromatic nitrogens is 2. The molecule has 0 unspecified atom stereocenters. The van der Waals surface area contributed by atoms with Crippen molar-refractivity contribution in [1.82, 2.24) is 14.3 Å². The summed E-state index contributed by atoms with van der Waals surface area (Å²) in [5, 5.41) is 3.68. The first-order valence-electron chi connectivity index (χ1n) is 10.0. The van der Waals surface area contributed by atoms with E-state index in [0.29, 0.717) is 5.92 Å². The molecule has 5 nitrogen and oxygen atoms in total. The Labute approximate surface area is 163 Å². The molecule has 3 heterocycles. The van der Waals surface area contributed by atoms with E-state index in [1.807, 2.05) is 25.7 Å². The molecule has 148 valence electrons. The molecule has 1 fully saturated rings. The van der Waals surface area contributed by atoms with Gasteiger partial charge in [-0.15, -0.1) is 0 Å². The fraction of sp³-hybridized carbons (Fsp3) is 0.636. The third-order valence-corrected chi connectivity index (χ3v) is 5.18. The molecule has 0 aromatic carbocycles. The van der Waals surface area contributed by atoms with E-state index in [2.05, 4.69) is 55.7 Å². The van der Waals surface area contributed by atoms with Crippen molar-refractivity contribution in [3.05, 3.63) is 29.6 Å². The number of amides is 1. The van der Waals surface area contributed by atoms with E-state index in [-0.39, 0.29) is 16.9 Å². The van der Waals surface area contributed by atoms with Crippen LogP contribution in [0.2, 0.25) is 0 Å². The first-order valence-corrected chi connectivity index (χ1v) is 10.0. The number of hydrogen-bond donors (Lipinski definition) is 1. The lowest BCUT2D eigenvalue weighted by Crippen LogP contribution is -2.43. The van der Waals surface area contributed by atoms with E-state index in [1.165, 1.54) is 5.56 Å². The van der Waals surface area contributed by atoms with Crippen molar-refractivity contribution in [1.29, 1.82) is 0 Å². The fourth-order valence-electron chi connectivity index (χ4n) is 3.82. The third-order valence-electron chi connectivity index (χ3n) is 5.18. The second-order valence-electron chi connectivity index (χ2n) is 9.92. The molecule has 5 heteroatoms. The lowest BCUT2D eigenvalue weighted by molar-refractivity contribution is -0.140. The minimum Gasteiger partial charge on any atom is -0.365 e. The highest BCUT2D eigenvalue weighted by atomic mass is 16.2. The Balaban J connectivity index is 1.90.